The zero-order valence-electron chi connectivity index (χ0n) is 10.3. The van der Waals surface area contributed by atoms with Crippen LogP contribution < -0.4 is 10.7 Å². The third kappa shape index (κ3) is 3.36. The molecule has 0 saturated carbocycles. The van der Waals surface area contributed by atoms with Gasteiger partial charge in [-0.1, -0.05) is 0 Å². The molecule has 0 aliphatic heterocycles. The van der Waals surface area contributed by atoms with Crippen molar-refractivity contribution in [3.63, 3.8) is 0 Å². The van der Waals surface area contributed by atoms with Crippen molar-refractivity contribution in [1.82, 2.24) is 25.2 Å². The SMILES string of the molecule is O=C(NC(CO)C(=O)Nn1cnnc1)c1ccncc1. The van der Waals surface area contributed by atoms with Crippen LogP contribution in [0.25, 0.3) is 0 Å². The van der Waals surface area contributed by atoms with Gasteiger partial charge in [-0.25, -0.2) is 4.68 Å². The van der Waals surface area contributed by atoms with Crippen molar-refractivity contribution < 1.29 is 14.7 Å². The van der Waals surface area contributed by atoms with Gasteiger partial charge in [-0.15, -0.1) is 10.2 Å². The first kappa shape index (κ1) is 13.6. The van der Waals surface area contributed by atoms with Crippen LogP contribution in [-0.4, -0.2) is 49.4 Å². The van der Waals surface area contributed by atoms with Gasteiger partial charge in [0.15, 0.2) is 0 Å². The van der Waals surface area contributed by atoms with Crippen molar-refractivity contribution in [3.8, 4) is 0 Å². The molecule has 2 heterocycles. The van der Waals surface area contributed by atoms with Gasteiger partial charge in [-0.05, 0) is 12.1 Å². The molecular formula is C11H12N6O3. The number of nitrogens with one attached hydrogen (secondary N) is 2. The fraction of sp³-hybridized carbons (Fsp3) is 0.182. The van der Waals surface area contributed by atoms with Crippen LogP contribution in [0.4, 0.5) is 0 Å². The molecule has 0 aliphatic carbocycles. The lowest BCUT2D eigenvalue weighted by Crippen LogP contribution is -2.47. The molecule has 0 saturated heterocycles. The van der Waals surface area contributed by atoms with E-state index in [4.69, 9.17) is 0 Å². The van der Waals surface area contributed by atoms with Gasteiger partial charge in [-0.3, -0.25) is 20.0 Å². The lowest BCUT2D eigenvalue weighted by atomic mass is 10.2. The molecule has 0 spiro atoms. The summed E-state index contributed by atoms with van der Waals surface area (Å²) in [7, 11) is 0. The molecule has 2 aromatic heterocycles. The second-order valence-corrected chi connectivity index (χ2v) is 3.79. The molecule has 9 heteroatoms. The van der Waals surface area contributed by atoms with Gasteiger partial charge in [0.25, 0.3) is 11.8 Å². The van der Waals surface area contributed by atoms with E-state index < -0.39 is 24.5 Å². The number of aliphatic hydroxyl groups is 1. The van der Waals surface area contributed by atoms with E-state index in [-0.39, 0.29) is 0 Å². The van der Waals surface area contributed by atoms with Crippen LogP contribution >= 0.6 is 0 Å². The second kappa shape index (κ2) is 6.38. The highest BCUT2D eigenvalue weighted by Crippen LogP contribution is 1.97. The van der Waals surface area contributed by atoms with Crippen molar-refractivity contribution in [2.24, 2.45) is 0 Å². The third-order valence-electron chi connectivity index (χ3n) is 2.40. The van der Waals surface area contributed by atoms with Crippen LogP contribution in [0.15, 0.2) is 37.2 Å². The Morgan fingerprint density at radius 2 is 1.90 bits per heavy atom. The minimum atomic E-state index is -1.09. The van der Waals surface area contributed by atoms with Crippen molar-refractivity contribution in [2.45, 2.75) is 6.04 Å². The van der Waals surface area contributed by atoms with Gasteiger partial charge in [0.2, 0.25) is 0 Å². The van der Waals surface area contributed by atoms with Gasteiger partial charge in [-0.2, -0.15) is 0 Å². The fourth-order valence-corrected chi connectivity index (χ4v) is 1.40. The minimum Gasteiger partial charge on any atom is -0.394 e. The summed E-state index contributed by atoms with van der Waals surface area (Å²) in [5.41, 5.74) is 2.74. The lowest BCUT2D eigenvalue weighted by molar-refractivity contribution is -0.119. The summed E-state index contributed by atoms with van der Waals surface area (Å²) in [6.07, 6.45) is 5.47. The first-order chi connectivity index (χ1) is 9.70. The van der Waals surface area contributed by atoms with E-state index in [1.807, 2.05) is 0 Å². The highest BCUT2D eigenvalue weighted by Gasteiger charge is 2.20. The molecule has 0 bridgehead atoms. The van der Waals surface area contributed by atoms with E-state index in [9.17, 15) is 14.7 Å². The first-order valence-corrected chi connectivity index (χ1v) is 5.68. The highest BCUT2D eigenvalue weighted by molar-refractivity contribution is 5.99. The number of aromatic nitrogens is 4. The van der Waals surface area contributed by atoms with Crippen LogP contribution in [0, 0.1) is 0 Å². The molecule has 0 aliphatic rings. The Labute approximate surface area is 113 Å². The molecule has 9 nitrogen and oxygen atoms in total. The average Bonchev–Trinajstić information content (AvgIpc) is 2.98. The quantitative estimate of drug-likeness (QED) is 0.613. The minimum absolute atomic E-state index is 0.343. The molecule has 0 aromatic carbocycles. The smallest absolute Gasteiger partial charge is 0.263 e. The van der Waals surface area contributed by atoms with E-state index >= 15 is 0 Å². The van der Waals surface area contributed by atoms with Crippen LogP contribution in [0.5, 0.6) is 0 Å². The van der Waals surface area contributed by atoms with Crippen molar-refractivity contribution in [1.29, 1.82) is 0 Å². The summed E-state index contributed by atoms with van der Waals surface area (Å²) in [4.78, 5) is 27.5. The van der Waals surface area contributed by atoms with Gasteiger partial charge in [0.05, 0.1) is 6.61 Å². The van der Waals surface area contributed by atoms with Gasteiger partial charge >= 0.3 is 0 Å². The summed E-state index contributed by atoms with van der Waals surface area (Å²) in [5, 5.41) is 18.6. The molecule has 104 valence electrons. The Kier molecular flexibility index (Phi) is 4.35. The molecule has 2 aromatic rings. The van der Waals surface area contributed by atoms with Crippen LogP contribution in [0.2, 0.25) is 0 Å². The summed E-state index contributed by atoms with van der Waals surface area (Å²) < 4.78 is 1.21. The van der Waals surface area contributed by atoms with Crippen LogP contribution in [-0.2, 0) is 4.79 Å². The molecule has 3 N–H and O–H groups in total. The molecule has 20 heavy (non-hydrogen) atoms. The van der Waals surface area contributed by atoms with Crippen molar-refractivity contribution >= 4 is 11.8 Å². The highest BCUT2D eigenvalue weighted by atomic mass is 16.3. The molecule has 0 fully saturated rings. The van der Waals surface area contributed by atoms with Crippen molar-refractivity contribution in [2.75, 3.05) is 12.0 Å². The van der Waals surface area contributed by atoms with E-state index in [1.54, 1.807) is 0 Å². The number of hydrogen-bond acceptors (Lipinski definition) is 6. The summed E-state index contributed by atoms with van der Waals surface area (Å²) in [5.74, 6) is -1.07. The Bertz CT molecular complexity index is 571. The third-order valence-corrected chi connectivity index (χ3v) is 2.40. The Hall–Kier alpha value is -2.81. The molecule has 2 amide bonds. The number of carbonyl (C=O) groups is 2. The largest absolute Gasteiger partial charge is 0.394 e. The maximum atomic E-state index is 11.9. The molecule has 2 rings (SSSR count). The fourth-order valence-electron chi connectivity index (χ4n) is 1.40. The van der Waals surface area contributed by atoms with Gasteiger partial charge in [0.1, 0.15) is 18.7 Å². The number of aliphatic hydroxyl groups excluding tert-OH is 1. The number of carbonyl (C=O) groups excluding carboxylic acids is 2. The number of hydrogen-bond donors (Lipinski definition) is 3. The Morgan fingerprint density at radius 1 is 1.25 bits per heavy atom. The summed E-state index contributed by atoms with van der Waals surface area (Å²) in [6.45, 7) is -0.537. The number of pyridine rings is 1. The van der Waals surface area contributed by atoms with Crippen LogP contribution in [0.1, 0.15) is 10.4 Å². The maximum Gasteiger partial charge on any atom is 0.263 e. The standard InChI is InChI=1S/C11H12N6O3/c18-5-9(11(20)16-17-6-13-14-7-17)15-10(19)8-1-3-12-4-2-8/h1-4,6-7,9,18H,5H2,(H,15,19)(H,16,20). The normalized spacial score (nSPS) is 11.7. The zero-order chi connectivity index (χ0) is 14.4. The molecular weight excluding hydrogens is 264 g/mol. The zero-order valence-corrected chi connectivity index (χ0v) is 10.3. The number of rotatable bonds is 5. The molecule has 1 unspecified atom stereocenters. The topological polar surface area (TPSA) is 122 Å². The summed E-state index contributed by atoms with van der Waals surface area (Å²) in [6, 6.07) is 1.92. The van der Waals surface area contributed by atoms with Gasteiger partial charge in [0, 0.05) is 18.0 Å². The van der Waals surface area contributed by atoms with Crippen LogP contribution in [0.3, 0.4) is 0 Å². The lowest BCUT2D eigenvalue weighted by Gasteiger charge is -2.16. The van der Waals surface area contributed by atoms with E-state index in [1.165, 1.54) is 41.9 Å². The number of amides is 2. The average molecular weight is 276 g/mol. The summed E-state index contributed by atoms with van der Waals surface area (Å²) >= 11 is 0. The van der Waals surface area contributed by atoms with Gasteiger partial charge < -0.3 is 10.4 Å². The van der Waals surface area contributed by atoms with E-state index in [0.717, 1.165) is 0 Å². The van der Waals surface area contributed by atoms with E-state index in [0.29, 0.717) is 5.56 Å². The Balaban J connectivity index is 1.98. The molecule has 0 radical (unpaired) electrons. The first-order valence-electron chi connectivity index (χ1n) is 5.68. The Morgan fingerprint density at radius 3 is 2.50 bits per heavy atom. The van der Waals surface area contributed by atoms with Crippen molar-refractivity contribution in [3.05, 3.63) is 42.7 Å². The number of nitrogens with zero attached hydrogens (tertiary/aromatic N) is 4. The van der Waals surface area contributed by atoms with E-state index in [2.05, 4.69) is 25.9 Å². The maximum absolute atomic E-state index is 11.9. The predicted octanol–water partition coefficient (Wildman–Crippen LogP) is -1.47. The predicted molar refractivity (Wildman–Crippen MR) is 67.0 cm³/mol. The second-order valence-electron chi connectivity index (χ2n) is 3.79. The molecule has 1 atom stereocenters. The monoisotopic (exact) mass is 276 g/mol.